The molecule has 2 N–H and O–H groups in total. The summed E-state index contributed by atoms with van der Waals surface area (Å²) in [5, 5.41) is 0.827. The third-order valence-corrected chi connectivity index (χ3v) is 3.84. The fourth-order valence-electron chi connectivity index (χ4n) is 1.88. The summed E-state index contributed by atoms with van der Waals surface area (Å²) in [5.74, 6) is -0.326. The van der Waals surface area contributed by atoms with Gasteiger partial charge in [-0.25, -0.2) is 9.37 Å². The highest BCUT2D eigenvalue weighted by Crippen LogP contribution is 2.33. The summed E-state index contributed by atoms with van der Waals surface area (Å²) >= 11 is 1.57. The van der Waals surface area contributed by atoms with Crippen molar-refractivity contribution in [2.75, 3.05) is 5.73 Å². The maximum atomic E-state index is 13.0. The molecule has 0 aliphatic carbocycles. The third kappa shape index (κ3) is 1.84. The fourth-order valence-corrected chi connectivity index (χ4v) is 2.99. The van der Waals surface area contributed by atoms with E-state index in [4.69, 9.17) is 5.73 Å². The van der Waals surface area contributed by atoms with E-state index in [1.165, 1.54) is 17.7 Å². The molecule has 4 heteroatoms. The van der Waals surface area contributed by atoms with Crippen molar-refractivity contribution in [3.63, 3.8) is 0 Å². The second-order valence-corrected chi connectivity index (χ2v) is 5.25. The monoisotopic (exact) mass is 258 g/mol. The number of nitrogens with zero attached hydrogens (tertiary/aromatic N) is 1. The first-order chi connectivity index (χ1) is 8.63. The molecule has 0 spiro atoms. The molecule has 0 atom stereocenters. The van der Waals surface area contributed by atoms with E-state index in [1.54, 1.807) is 17.4 Å². The second-order valence-electron chi connectivity index (χ2n) is 4.22. The molecule has 0 fully saturated rings. The number of nitrogens with two attached hydrogens (primary N) is 1. The van der Waals surface area contributed by atoms with Crippen molar-refractivity contribution in [1.82, 2.24) is 4.98 Å². The van der Waals surface area contributed by atoms with Crippen molar-refractivity contribution in [2.45, 2.75) is 6.92 Å². The lowest BCUT2D eigenvalue weighted by atomic mass is 10.2. The molecule has 0 saturated carbocycles. The Bertz CT molecular complexity index is 734. The van der Waals surface area contributed by atoms with E-state index in [-0.39, 0.29) is 5.82 Å². The minimum Gasteiger partial charge on any atom is -0.398 e. The molecule has 0 radical (unpaired) electrons. The van der Waals surface area contributed by atoms with Gasteiger partial charge in [-0.05, 0) is 42.8 Å². The number of hydrogen-bond acceptors (Lipinski definition) is 3. The molecule has 2 aromatic carbocycles. The van der Waals surface area contributed by atoms with Gasteiger partial charge in [0.05, 0.1) is 10.2 Å². The maximum absolute atomic E-state index is 13.0. The van der Waals surface area contributed by atoms with Crippen LogP contribution in [0.25, 0.3) is 20.8 Å². The predicted octanol–water partition coefficient (Wildman–Crippen LogP) is 3.99. The normalized spacial score (nSPS) is 11.0. The van der Waals surface area contributed by atoms with Crippen LogP contribution in [-0.2, 0) is 0 Å². The number of hydrogen-bond donors (Lipinski definition) is 1. The van der Waals surface area contributed by atoms with Crippen molar-refractivity contribution in [2.24, 2.45) is 0 Å². The van der Waals surface area contributed by atoms with Crippen LogP contribution in [0.4, 0.5) is 10.1 Å². The van der Waals surface area contributed by atoms with E-state index in [2.05, 4.69) is 11.1 Å². The molecule has 0 unspecified atom stereocenters. The van der Waals surface area contributed by atoms with Crippen LogP contribution in [0.15, 0.2) is 36.4 Å². The average Bonchev–Trinajstić information content (AvgIpc) is 2.71. The lowest BCUT2D eigenvalue weighted by Gasteiger charge is -2.00. The molecule has 90 valence electrons. The Morgan fingerprint density at radius 3 is 2.78 bits per heavy atom. The number of rotatable bonds is 1. The minimum absolute atomic E-state index is 0.326. The lowest BCUT2D eigenvalue weighted by Crippen LogP contribution is -1.90. The third-order valence-electron chi connectivity index (χ3n) is 2.79. The van der Waals surface area contributed by atoms with E-state index in [9.17, 15) is 4.39 Å². The number of halogens is 1. The van der Waals surface area contributed by atoms with Crippen molar-refractivity contribution in [1.29, 1.82) is 0 Å². The van der Waals surface area contributed by atoms with Crippen LogP contribution >= 0.6 is 11.3 Å². The molecule has 1 heterocycles. The Morgan fingerprint density at radius 2 is 2.00 bits per heavy atom. The Morgan fingerprint density at radius 1 is 1.17 bits per heavy atom. The molecule has 3 rings (SSSR count). The smallest absolute Gasteiger partial charge is 0.126 e. The molecule has 0 amide bonds. The Kier molecular flexibility index (Phi) is 2.52. The molecule has 0 saturated heterocycles. The number of aryl methyl sites for hydroxylation is 1. The Hall–Kier alpha value is -1.94. The van der Waals surface area contributed by atoms with E-state index in [1.807, 2.05) is 19.1 Å². The van der Waals surface area contributed by atoms with Gasteiger partial charge in [-0.2, -0.15) is 0 Å². The number of nitrogen functional groups attached to an aromatic ring is 1. The summed E-state index contributed by atoms with van der Waals surface area (Å²) in [7, 11) is 0. The zero-order valence-electron chi connectivity index (χ0n) is 9.77. The van der Waals surface area contributed by atoms with Gasteiger partial charge in [0, 0.05) is 11.3 Å². The van der Waals surface area contributed by atoms with Gasteiger partial charge in [0.1, 0.15) is 10.8 Å². The number of fused-ring (bicyclic) bond motifs is 1. The van der Waals surface area contributed by atoms with Crippen molar-refractivity contribution in [3.05, 3.63) is 47.8 Å². The summed E-state index contributed by atoms with van der Waals surface area (Å²) in [6, 6.07) is 10.5. The topological polar surface area (TPSA) is 38.9 Å². The lowest BCUT2D eigenvalue weighted by molar-refractivity contribution is 0.628. The van der Waals surface area contributed by atoms with Gasteiger partial charge in [0.15, 0.2) is 0 Å². The van der Waals surface area contributed by atoms with Gasteiger partial charge >= 0.3 is 0 Å². The Labute approximate surface area is 108 Å². The van der Waals surface area contributed by atoms with E-state index >= 15 is 0 Å². The highest BCUT2D eigenvalue weighted by Gasteiger charge is 2.09. The number of anilines is 1. The molecular weight excluding hydrogens is 247 g/mol. The van der Waals surface area contributed by atoms with Gasteiger partial charge in [-0.1, -0.05) is 6.07 Å². The summed E-state index contributed by atoms with van der Waals surface area (Å²) in [5.41, 5.74) is 9.19. The number of thiazole rings is 1. The predicted molar refractivity (Wildman–Crippen MR) is 74.2 cm³/mol. The summed E-state index contributed by atoms with van der Waals surface area (Å²) < 4.78 is 14.1. The van der Waals surface area contributed by atoms with Crippen molar-refractivity contribution < 1.29 is 4.39 Å². The molecule has 0 bridgehead atoms. The SMILES string of the molecule is Cc1ccc2nc(-c3ccc(F)cc3N)sc2c1. The fraction of sp³-hybridized carbons (Fsp3) is 0.0714. The first kappa shape index (κ1) is 11.2. The average molecular weight is 258 g/mol. The highest BCUT2D eigenvalue weighted by molar-refractivity contribution is 7.21. The molecule has 2 nitrogen and oxygen atoms in total. The first-order valence-corrected chi connectivity index (χ1v) is 6.38. The molecule has 0 aliphatic heterocycles. The van der Waals surface area contributed by atoms with Gasteiger partial charge in [-0.15, -0.1) is 11.3 Å². The summed E-state index contributed by atoms with van der Waals surface area (Å²) in [6.45, 7) is 2.05. The van der Waals surface area contributed by atoms with Gasteiger partial charge < -0.3 is 5.73 Å². The maximum Gasteiger partial charge on any atom is 0.126 e. The number of aromatic nitrogens is 1. The summed E-state index contributed by atoms with van der Waals surface area (Å²) in [4.78, 5) is 4.53. The summed E-state index contributed by atoms with van der Waals surface area (Å²) in [6.07, 6.45) is 0. The largest absolute Gasteiger partial charge is 0.398 e. The van der Waals surface area contributed by atoms with Gasteiger partial charge in [0.2, 0.25) is 0 Å². The van der Waals surface area contributed by atoms with E-state index in [0.29, 0.717) is 5.69 Å². The van der Waals surface area contributed by atoms with Crippen LogP contribution < -0.4 is 5.73 Å². The van der Waals surface area contributed by atoms with E-state index in [0.717, 1.165) is 20.8 Å². The van der Waals surface area contributed by atoms with Gasteiger partial charge in [0.25, 0.3) is 0 Å². The molecule has 0 aliphatic rings. The van der Waals surface area contributed by atoms with Crippen LogP contribution in [0.2, 0.25) is 0 Å². The van der Waals surface area contributed by atoms with Gasteiger partial charge in [-0.3, -0.25) is 0 Å². The van der Waals surface area contributed by atoms with Crippen LogP contribution in [0.3, 0.4) is 0 Å². The molecule has 1 aromatic heterocycles. The quantitative estimate of drug-likeness (QED) is 0.670. The van der Waals surface area contributed by atoms with Crippen LogP contribution in [0.5, 0.6) is 0 Å². The molecular formula is C14H11FN2S. The zero-order chi connectivity index (χ0) is 12.7. The van der Waals surface area contributed by atoms with Crippen molar-refractivity contribution in [3.8, 4) is 10.6 Å². The van der Waals surface area contributed by atoms with Crippen LogP contribution in [-0.4, -0.2) is 4.98 Å². The number of benzene rings is 2. The standard InChI is InChI=1S/C14H11FN2S/c1-8-2-5-12-13(6-8)18-14(17-12)10-4-3-9(15)7-11(10)16/h2-7H,16H2,1H3. The molecule has 18 heavy (non-hydrogen) atoms. The first-order valence-electron chi connectivity index (χ1n) is 5.56. The van der Waals surface area contributed by atoms with Crippen LogP contribution in [0, 0.1) is 12.7 Å². The van der Waals surface area contributed by atoms with Crippen LogP contribution in [0.1, 0.15) is 5.56 Å². The van der Waals surface area contributed by atoms with Crippen molar-refractivity contribution >= 4 is 27.2 Å². The zero-order valence-corrected chi connectivity index (χ0v) is 10.6. The van der Waals surface area contributed by atoms with E-state index < -0.39 is 0 Å². The highest BCUT2D eigenvalue weighted by atomic mass is 32.1. The second kappa shape index (κ2) is 4.07. The molecule has 3 aromatic rings. The Balaban J connectivity index is 2.19. The minimum atomic E-state index is -0.326.